The molecule has 3 rings (SSSR count). The van der Waals surface area contributed by atoms with E-state index in [4.69, 9.17) is 4.74 Å². The van der Waals surface area contributed by atoms with E-state index in [9.17, 15) is 0 Å². The SMILES string of the molecule is COc1c(-c2ccccc2)cccc1C(C)(C)C1=C([Si](C)C)C(C(C)(C)C)C=C1. The van der Waals surface area contributed by atoms with Crippen molar-refractivity contribution in [2.24, 2.45) is 11.3 Å². The number of methoxy groups -OCH3 is 1. The van der Waals surface area contributed by atoms with Gasteiger partial charge in [0.15, 0.2) is 0 Å². The summed E-state index contributed by atoms with van der Waals surface area (Å²) in [6, 6.07) is 17.1. The highest BCUT2D eigenvalue weighted by Crippen LogP contribution is 2.49. The van der Waals surface area contributed by atoms with Gasteiger partial charge in [-0.2, -0.15) is 0 Å². The minimum atomic E-state index is -0.585. The zero-order chi connectivity index (χ0) is 21.4. The Hall–Kier alpha value is -2.06. The lowest BCUT2D eigenvalue weighted by Gasteiger charge is -2.35. The van der Waals surface area contributed by atoms with Gasteiger partial charge in [0.2, 0.25) is 0 Å². The molecule has 0 N–H and O–H groups in total. The summed E-state index contributed by atoms with van der Waals surface area (Å²) in [4.78, 5) is 0. The topological polar surface area (TPSA) is 9.23 Å². The van der Waals surface area contributed by atoms with Gasteiger partial charge in [0.05, 0.1) is 15.9 Å². The highest BCUT2D eigenvalue weighted by atomic mass is 28.3. The van der Waals surface area contributed by atoms with Crippen molar-refractivity contribution in [3.63, 3.8) is 0 Å². The van der Waals surface area contributed by atoms with Crippen molar-refractivity contribution in [1.29, 1.82) is 0 Å². The van der Waals surface area contributed by atoms with E-state index in [1.54, 1.807) is 12.3 Å². The molecule has 1 nitrogen and oxygen atoms in total. The first-order chi connectivity index (χ1) is 13.6. The Morgan fingerprint density at radius 2 is 1.52 bits per heavy atom. The van der Waals surface area contributed by atoms with E-state index >= 15 is 0 Å². The van der Waals surface area contributed by atoms with Gasteiger partial charge in [0.1, 0.15) is 5.75 Å². The number of hydrogen-bond donors (Lipinski definition) is 0. The van der Waals surface area contributed by atoms with Crippen LogP contribution < -0.4 is 4.74 Å². The first-order valence-electron chi connectivity index (χ1n) is 10.5. The molecule has 1 radical (unpaired) electrons. The van der Waals surface area contributed by atoms with Crippen molar-refractivity contribution in [3.8, 4) is 16.9 Å². The molecule has 29 heavy (non-hydrogen) atoms. The molecular formula is C27H35OSi. The highest BCUT2D eigenvalue weighted by Gasteiger charge is 2.39. The molecule has 2 heteroatoms. The second kappa shape index (κ2) is 7.99. The normalized spacial score (nSPS) is 17.3. The molecule has 2 aromatic carbocycles. The number of ether oxygens (including phenoxy) is 1. The molecule has 0 spiro atoms. The Bertz CT molecular complexity index is 927. The summed E-state index contributed by atoms with van der Waals surface area (Å²) in [5.74, 6) is 1.51. The van der Waals surface area contributed by atoms with Crippen molar-refractivity contribution in [2.75, 3.05) is 7.11 Å². The summed E-state index contributed by atoms with van der Waals surface area (Å²) in [5.41, 5.74) is 5.22. The average Bonchev–Trinajstić information content (AvgIpc) is 3.15. The lowest BCUT2D eigenvalue weighted by atomic mass is 9.75. The van der Waals surface area contributed by atoms with Gasteiger partial charge in [-0.3, -0.25) is 0 Å². The number of hydrogen-bond acceptors (Lipinski definition) is 1. The third kappa shape index (κ3) is 4.00. The van der Waals surface area contributed by atoms with Crippen molar-refractivity contribution < 1.29 is 4.74 Å². The van der Waals surface area contributed by atoms with Crippen LogP contribution in [0.25, 0.3) is 11.1 Å². The molecule has 0 amide bonds. The average molecular weight is 404 g/mol. The third-order valence-electron chi connectivity index (χ3n) is 6.18. The summed E-state index contributed by atoms with van der Waals surface area (Å²) in [5, 5.41) is 1.67. The molecule has 2 aromatic rings. The molecule has 1 aliphatic carbocycles. The molecule has 0 heterocycles. The summed E-state index contributed by atoms with van der Waals surface area (Å²) in [6.07, 6.45) is 4.84. The monoisotopic (exact) mass is 403 g/mol. The molecule has 0 bridgehead atoms. The Morgan fingerprint density at radius 3 is 2.07 bits per heavy atom. The summed E-state index contributed by atoms with van der Waals surface area (Å²) in [7, 11) is 1.21. The molecule has 0 saturated carbocycles. The molecule has 0 aliphatic heterocycles. The van der Waals surface area contributed by atoms with Crippen LogP contribution in [0.1, 0.15) is 40.2 Å². The van der Waals surface area contributed by atoms with E-state index in [-0.39, 0.29) is 10.8 Å². The Labute approximate surface area is 179 Å². The molecule has 0 fully saturated rings. The summed E-state index contributed by atoms with van der Waals surface area (Å²) >= 11 is 0. The highest BCUT2D eigenvalue weighted by molar-refractivity contribution is 6.64. The third-order valence-corrected chi connectivity index (χ3v) is 7.84. The Morgan fingerprint density at radius 1 is 0.862 bits per heavy atom. The second-order valence-corrected chi connectivity index (χ2v) is 12.4. The van der Waals surface area contributed by atoms with Gasteiger partial charge in [-0.1, -0.05) is 114 Å². The van der Waals surface area contributed by atoms with E-state index in [1.165, 1.54) is 16.7 Å². The van der Waals surface area contributed by atoms with Crippen LogP contribution in [0.3, 0.4) is 0 Å². The van der Waals surface area contributed by atoms with Crippen molar-refractivity contribution in [1.82, 2.24) is 0 Å². The maximum atomic E-state index is 6.03. The predicted molar refractivity (Wildman–Crippen MR) is 128 cm³/mol. The van der Waals surface area contributed by atoms with Crippen LogP contribution >= 0.6 is 0 Å². The van der Waals surface area contributed by atoms with E-state index in [0.29, 0.717) is 5.92 Å². The van der Waals surface area contributed by atoms with Crippen LogP contribution in [-0.4, -0.2) is 15.9 Å². The fourth-order valence-corrected chi connectivity index (χ4v) is 6.72. The number of benzene rings is 2. The van der Waals surface area contributed by atoms with Crippen molar-refractivity contribution in [2.45, 2.75) is 53.1 Å². The lowest BCUT2D eigenvalue weighted by molar-refractivity contribution is 0.339. The molecule has 0 aromatic heterocycles. The van der Waals surface area contributed by atoms with Gasteiger partial charge >= 0.3 is 0 Å². The van der Waals surface area contributed by atoms with E-state index in [2.05, 4.69) is 108 Å². The Balaban J connectivity index is 2.20. The van der Waals surface area contributed by atoms with Crippen molar-refractivity contribution in [3.05, 3.63) is 77.0 Å². The number of rotatable bonds is 5. The summed E-state index contributed by atoms with van der Waals surface area (Å²) < 4.78 is 6.03. The predicted octanol–water partition coefficient (Wildman–Crippen LogP) is 7.46. The fourth-order valence-electron chi connectivity index (χ4n) is 4.63. The van der Waals surface area contributed by atoms with Gasteiger partial charge in [0.25, 0.3) is 0 Å². The molecular weight excluding hydrogens is 368 g/mol. The number of allylic oxidation sites excluding steroid dienone is 4. The van der Waals surface area contributed by atoms with Crippen LogP contribution in [0, 0.1) is 11.3 Å². The van der Waals surface area contributed by atoms with Crippen LogP contribution in [0.4, 0.5) is 0 Å². The van der Waals surface area contributed by atoms with Gasteiger partial charge in [-0.15, -0.1) is 0 Å². The van der Waals surface area contributed by atoms with Gasteiger partial charge in [-0.05, 0) is 22.5 Å². The van der Waals surface area contributed by atoms with E-state index in [1.807, 2.05) is 0 Å². The summed E-state index contributed by atoms with van der Waals surface area (Å²) in [6.45, 7) is 16.7. The fraction of sp³-hybridized carbons (Fsp3) is 0.407. The quantitative estimate of drug-likeness (QED) is 0.471. The first-order valence-corrected chi connectivity index (χ1v) is 13.0. The van der Waals surface area contributed by atoms with Crippen LogP contribution in [0.15, 0.2) is 71.5 Å². The molecule has 1 atom stereocenters. The smallest absolute Gasteiger partial charge is 0.130 e. The van der Waals surface area contributed by atoms with Crippen LogP contribution in [-0.2, 0) is 5.41 Å². The van der Waals surface area contributed by atoms with Gasteiger partial charge in [-0.25, -0.2) is 0 Å². The minimum absolute atomic E-state index is 0.121. The lowest BCUT2D eigenvalue weighted by Crippen LogP contribution is -2.29. The zero-order valence-electron chi connectivity index (χ0n) is 19.3. The largest absolute Gasteiger partial charge is 0.496 e. The zero-order valence-corrected chi connectivity index (χ0v) is 20.3. The van der Waals surface area contributed by atoms with E-state index in [0.717, 1.165) is 11.3 Å². The molecule has 1 aliphatic rings. The van der Waals surface area contributed by atoms with Gasteiger partial charge in [0, 0.05) is 16.5 Å². The van der Waals surface area contributed by atoms with Gasteiger partial charge < -0.3 is 4.74 Å². The van der Waals surface area contributed by atoms with Crippen molar-refractivity contribution >= 4 is 8.80 Å². The molecule has 0 saturated heterocycles. The second-order valence-electron chi connectivity index (χ2n) is 9.91. The standard InChI is InChI=1S/C27H35OSi/c1-26(2,3)22-17-18-23(25(22)29(7)8)27(4,5)21-16-12-15-20(24(21)28-6)19-13-10-9-11-14-19/h9-18,22H,1-8H3. The maximum absolute atomic E-state index is 6.03. The van der Waals surface area contributed by atoms with E-state index < -0.39 is 8.80 Å². The van der Waals surface area contributed by atoms with Crippen LogP contribution in [0.5, 0.6) is 5.75 Å². The molecule has 153 valence electrons. The maximum Gasteiger partial charge on any atom is 0.130 e. The Kier molecular flexibility index (Phi) is 5.96. The first kappa shape index (κ1) is 21.6. The van der Waals surface area contributed by atoms with Crippen LogP contribution in [0.2, 0.25) is 13.1 Å². The molecule has 1 unspecified atom stereocenters. The number of para-hydroxylation sites is 1. The minimum Gasteiger partial charge on any atom is -0.496 e.